The number of nitrogens with one attached hydrogen (secondary N) is 1. The van der Waals surface area contributed by atoms with Gasteiger partial charge in [0.15, 0.2) is 11.2 Å². The van der Waals surface area contributed by atoms with Crippen molar-refractivity contribution < 1.29 is 9.21 Å². The van der Waals surface area contributed by atoms with E-state index in [1.54, 1.807) is 30.3 Å². The molecule has 122 valence electrons. The average Bonchev–Trinajstić information content (AvgIpc) is 2.57. The van der Waals surface area contributed by atoms with Gasteiger partial charge in [-0.05, 0) is 48.7 Å². The number of carbonyl (C=O) groups is 1. The predicted octanol–water partition coefficient (Wildman–Crippen LogP) is 4.57. The van der Waals surface area contributed by atoms with Crippen LogP contribution in [0.4, 0.5) is 5.69 Å². The molecule has 2 aromatic carbocycles. The van der Waals surface area contributed by atoms with Crippen LogP contribution in [0.1, 0.15) is 28.6 Å². The second-order valence-electron chi connectivity index (χ2n) is 5.58. The highest BCUT2D eigenvalue weighted by molar-refractivity contribution is 6.31. The van der Waals surface area contributed by atoms with Crippen LogP contribution in [0.5, 0.6) is 0 Å². The lowest BCUT2D eigenvalue weighted by molar-refractivity contribution is 0.0997. The maximum atomic E-state index is 12.3. The molecule has 0 saturated carbocycles. The van der Waals surface area contributed by atoms with Crippen LogP contribution in [0.15, 0.2) is 51.7 Å². The van der Waals surface area contributed by atoms with Gasteiger partial charge in [0.1, 0.15) is 5.58 Å². The monoisotopic (exact) mass is 341 g/mol. The Balaban J connectivity index is 1.95. The number of hydrogen-bond acceptors (Lipinski definition) is 3. The summed E-state index contributed by atoms with van der Waals surface area (Å²) >= 11 is 6.05. The second kappa shape index (κ2) is 6.49. The number of amides is 1. The topological polar surface area (TPSA) is 59.3 Å². The molecule has 0 unspecified atom stereocenters. The number of halogens is 1. The molecule has 24 heavy (non-hydrogen) atoms. The first kappa shape index (κ1) is 16.3. The zero-order valence-corrected chi connectivity index (χ0v) is 14.1. The molecule has 0 bridgehead atoms. The van der Waals surface area contributed by atoms with E-state index in [4.69, 9.17) is 16.0 Å². The largest absolute Gasteiger partial charge is 0.451 e. The summed E-state index contributed by atoms with van der Waals surface area (Å²) in [6.45, 7) is 3.89. The molecule has 0 spiro atoms. The molecule has 1 heterocycles. The van der Waals surface area contributed by atoms with Gasteiger partial charge >= 0.3 is 0 Å². The molecule has 0 aliphatic rings. The van der Waals surface area contributed by atoms with E-state index in [1.165, 1.54) is 6.07 Å². The summed E-state index contributed by atoms with van der Waals surface area (Å²) in [6.07, 6.45) is 0.825. The molecule has 4 nitrogen and oxygen atoms in total. The van der Waals surface area contributed by atoms with E-state index in [9.17, 15) is 9.59 Å². The molecule has 3 rings (SSSR count). The Kier molecular flexibility index (Phi) is 4.40. The van der Waals surface area contributed by atoms with Crippen LogP contribution in [0, 0.1) is 6.92 Å². The molecular formula is C19H16ClNO3. The van der Waals surface area contributed by atoms with Gasteiger partial charge in [0.05, 0.1) is 5.39 Å². The molecule has 0 aliphatic heterocycles. The lowest BCUT2D eigenvalue weighted by Crippen LogP contribution is -2.15. The van der Waals surface area contributed by atoms with E-state index in [-0.39, 0.29) is 11.2 Å². The van der Waals surface area contributed by atoms with Gasteiger partial charge in [0.2, 0.25) is 0 Å². The van der Waals surface area contributed by atoms with Gasteiger partial charge in [0.25, 0.3) is 5.91 Å². The number of aryl methyl sites for hydroxylation is 2. The van der Waals surface area contributed by atoms with Crippen molar-refractivity contribution in [2.24, 2.45) is 0 Å². The van der Waals surface area contributed by atoms with Gasteiger partial charge in [-0.15, -0.1) is 0 Å². The second-order valence-corrected chi connectivity index (χ2v) is 5.98. The van der Waals surface area contributed by atoms with Gasteiger partial charge in [0, 0.05) is 16.8 Å². The van der Waals surface area contributed by atoms with Crippen LogP contribution in [0.2, 0.25) is 5.02 Å². The number of hydrogen-bond donors (Lipinski definition) is 1. The summed E-state index contributed by atoms with van der Waals surface area (Å²) in [4.78, 5) is 24.6. The first-order valence-corrected chi connectivity index (χ1v) is 8.00. The third-order valence-electron chi connectivity index (χ3n) is 3.85. The Labute approximate surface area is 144 Å². The van der Waals surface area contributed by atoms with Crippen LogP contribution in [-0.4, -0.2) is 5.91 Å². The van der Waals surface area contributed by atoms with Crippen LogP contribution in [-0.2, 0) is 6.42 Å². The molecule has 1 aromatic heterocycles. The van der Waals surface area contributed by atoms with Crippen molar-refractivity contribution in [1.29, 1.82) is 0 Å². The van der Waals surface area contributed by atoms with Gasteiger partial charge < -0.3 is 9.73 Å². The Morgan fingerprint density at radius 3 is 2.67 bits per heavy atom. The first-order chi connectivity index (χ1) is 11.5. The highest BCUT2D eigenvalue weighted by Gasteiger charge is 2.13. The fourth-order valence-corrected chi connectivity index (χ4v) is 2.58. The van der Waals surface area contributed by atoms with Gasteiger partial charge in [-0.1, -0.05) is 30.7 Å². The van der Waals surface area contributed by atoms with Crippen molar-refractivity contribution in [3.63, 3.8) is 0 Å². The summed E-state index contributed by atoms with van der Waals surface area (Å²) in [5, 5.41) is 3.72. The minimum atomic E-state index is -0.492. The molecule has 5 heteroatoms. The summed E-state index contributed by atoms with van der Waals surface area (Å²) in [5.41, 5.74) is 2.66. The Hall–Kier alpha value is -2.59. The van der Waals surface area contributed by atoms with Crippen molar-refractivity contribution in [2.45, 2.75) is 20.3 Å². The third kappa shape index (κ3) is 3.19. The predicted molar refractivity (Wildman–Crippen MR) is 96.0 cm³/mol. The summed E-state index contributed by atoms with van der Waals surface area (Å²) in [6, 6.07) is 11.8. The minimum Gasteiger partial charge on any atom is -0.451 e. The summed E-state index contributed by atoms with van der Waals surface area (Å²) in [7, 11) is 0. The van der Waals surface area contributed by atoms with Gasteiger partial charge in [-0.3, -0.25) is 9.59 Å². The van der Waals surface area contributed by atoms with E-state index in [0.29, 0.717) is 21.7 Å². The first-order valence-electron chi connectivity index (χ1n) is 7.62. The van der Waals surface area contributed by atoms with E-state index < -0.39 is 5.91 Å². The van der Waals surface area contributed by atoms with Crippen molar-refractivity contribution in [2.75, 3.05) is 5.32 Å². The average molecular weight is 342 g/mol. The number of anilines is 1. The molecule has 0 radical (unpaired) electrons. The Morgan fingerprint density at radius 2 is 1.96 bits per heavy atom. The van der Waals surface area contributed by atoms with Crippen LogP contribution in [0.25, 0.3) is 11.0 Å². The summed E-state index contributed by atoms with van der Waals surface area (Å²) in [5.74, 6) is -0.526. The molecule has 1 amide bonds. The van der Waals surface area contributed by atoms with Crippen molar-refractivity contribution in [1.82, 2.24) is 0 Å². The molecule has 0 fully saturated rings. The molecular weight excluding hydrogens is 326 g/mol. The van der Waals surface area contributed by atoms with Crippen LogP contribution < -0.4 is 10.7 Å². The van der Waals surface area contributed by atoms with E-state index in [2.05, 4.69) is 5.32 Å². The zero-order chi connectivity index (χ0) is 17.3. The standard InChI is InChI=1S/C19H16ClNO3/c1-3-12-5-7-17-14(8-12)16(22)10-18(24-17)19(23)21-13-6-4-11(2)15(20)9-13/h4-10H,3H2,1-2H3,(H,21,23). The van der Waals surface area contributed by atoms with E-state index in [0.717, 1.165) is 17.5 Å². The molecule has 0 atom stereocenters. The zero-order valence-electron chi connectivity index (χ0n) is 13.4. The number of benzene rings is 2. The lowest BCUT2D eigenvalue weighted by atomic mass is 10.1. The third-order valence-corrected chi connectivity index (χ3v) is 4.26. The number of rotatable bonds is 3. The van der Waals surface area contributed by atoms with E-state index >= 15 is 0 Å². The molecule has 0 aliphatic carbocycles. The van der Waals surface area contributed by atoms with Crippen LogP contribution >= 0.6 is 11.6 Å². The quantitative estimate of drug-likeness (QED) is 0.759. The summed E-state index contributed by atoms with van der Waals surface area (Å²) < 4.78 is 5.59. The normalized spacial score (nSPS) is 10.8. The lowest BCUT2D eigenvalue weighted by Gasteiger charge is -2.07. The van der Waals surface area contributed by atoms with Crippen molar-refractivity contribution in [3.8, 4) is 0 Å². The SMILES string of the molecule is CCc1ccc2oc(C(=O)Nc3ccc(C)c(Cl)c3)cc(=O)c2c1. The molecule has 0 saturated heterocycles. The van der Waals surface area contributed by atoms with Crippen molar-refractivity contribution >= 4 is 34.2 Å². The van der Waals surface area contributed by atoms with Crippen molar-refractivity contribution in [3.05, 3.63) is 74.6 Å². The number of fused-ring (bicyclic) bond motifs is 1. The number of carbonyl (C=O) groups excluding carboxylic acids is 1. The Morgan fingerprint density at radius 1 is 1.17 bits per heavy atom. The molecule has 3 aromatic rings. The van der Waals surface area contributed by atoms with E-state index in [1.807, 2.05) is 19.9 Å². The smallest absolute Gasteiger partial charge is 0.291 e. The highest BCUT2D eigenvalue weighted by Crippen LogP contribution is 2.21. The fraction of sp³-hybridized carbons (Fsp3) is 0.158. The van der Waals surface area contributed by atoms with Crippen LogP contribution in [0.3, 0.4) is 0 Å². The molecule has 1 N–H and O–H groups in total. The van der Waals surface area contributed by atoms with Gasteiger partial charge in [-0.25, -0.2) is 0 Å². The van der Waals surface area contributed by atoms with Gasteiger partial charge in [-0.2, -0.15) is 0 Å². The minimum absolute atomic E-state index is 0.0338. The maximum absolute atomic E-state index is 12.3. The highest BCUT2D eigenvalue weighted by atomic mass is 35.5. The Bertz CT molecular complexity index is 992. The maximum Gasteiger partial charge on any atom is 0.291 e. The fourth-order valence-electron chi connectivity index (χ4n) is 2.40.